The summed E-state index contributed by atoms with van der Waals surface area (Å²) < 4.78 is 0. The second-order valence-corrected chi connectivity index (χ2v) is 9.55. The number of aliphatic carboxylic acids is 1. The van der Waals surface area contributed by atoms with Crippen LogP contribution in [0.5, 0.6) is 0 Å². The molecule has 0 aliphatic carbocycles. The first-order valence-electron chi connectivity index (χ1n) is 8.07. The van der Waals surface area contributed by atoms with E-state index in [2.05, 4.69) is 41.5 Å². The van der Waals surface area contributed by atoms with Gasteiger partial charge in [-0.25, -0.2) is 4.79 Å². The predicted molar refractivity (Wildman–Crippen MR) is 88.4 cm³/mol. The van der Waals surface area contributed by atoms with Crippen LogP contribution >= 0.6 is 0 Å². The summed E-state index contributed by atoms with van der Waals surface area (Å²) in [7, 11) is 0. The van der Waals surface area contributed by atoms with E-state index in [1.54, 1.807) is 0 Å². The van der Waals surface area contributed by atoms with E-state index >= 15 is 0 Å². The molecule has 0 saturated carbocycles. The molecule has 0 fully saturated rings. The minimum Gasteiger partial charge on any atom is -0.479 e. The Bertz CT molecular complexity index is 344. The normalized spacial score (nSPS) is 16.6. The highest BCUT2D eigenvalue weighted by atomic mass is 16.4. The maximum Gasteiger partial charge on any atom is 0.336 e. The Hall–Kier alpha value is -0.570. The van der Waals surface area contributed by atoms with Crippen LogP contribution in [0.25, 0.3) is 0 Å². The van der Waals surface area contributed by atoms with Crippen molar-refractivity contribution < 1.29 is 15.0 Å². The van der Waals surface area contributed by atoms with E-state index in [-0.39, 0.29) is 10.8 Å². The molecule has 3 heteroatoms. The van der Waals surface area contributed by atoms with Gasteiger partial charge in [0.05, 0.1) is 0 Å². The zero-order chi connectivity index (χ0) is 17.1. The monoisotopic (exact) mass is 300 g/mol. The van der Waals surface area contributed by atoms with Crippen LogP contribution in [0, 0.1) is 16.2 Å². The molecule has 21 heavy (non-hydrogen) atoms. The third-order valence-electron chi connectivity index (χ3n) is 4.16. The van der Waals surface area contributed by atoms with E-state index < -0.39 is 17.0 Å². The van der Waals surface area contributed by atoms with Gasteiger partial charge in [0.1, 0.15) is 0 Å². The fourth-order valence-electron chi connectivity index (χ4n) is 3.24. The summed E-state index contributed by atoms with van der Waals surface area (Å²) in [4.78, 5) is 11.7. The van der Waals surface area contributed by atoms with E-state index in [1.165, 1.54) is 0 Å². The third-order valence-corrected chi connectivity index (χ3v) is 4.16. The first kappa shape index (κ1) is 20.4. The first-order valence-corrected chi connectivity index (χ1v) is 8.07. The average molecular weight is 300 g/mol. The SMILES string of the molecule is CC(C)(C)CCCCC(O)(C(=O)O)C(C)(C)CC(C)(C)C. The lowest BCUT2D eigenvalue weighted by Gasteiger charge is -2.43. The van der Waals surface area contributed by atoms with Crippen LogP contribution in [-0.4, -0.2) is 21.8 Å². The van der Waals surface area contributed by atoms with Gasteiger partial charge in [0.15, 0.2) is 5.60 Å². The van der Waals surface area contributed by atoms with Crippen LogP contribution in [0.15, 0.2) is 0 Å². The molecule has 0 aliphatic heterocycles. The summed E-state index contributed by atoms with van der Waals surface area (Å²) in [6.07, 6.45) is 3.73. The van der Waals surface area contributed by atoms with E-state index in [1.807, 2.05) is 13.8 Å². The number of rotatable bonds is 7. The van der Waals surface area contributed by atoms with Gasteiger partial charge in [-0.05, 0) is 36.5 Å². The van der Waals surface area contributed by atoms with Crippen LogP contribution in [0.4, 0.5) is 0 Å². The molecule has 0 heterocycles. The number of carboxylic acid groups (broad SMARTS) is 1. The minimum absolute atomic E-state index is 0.0155. The zero-order valence-electron chi connectivity index (χ0n) is 15.3. The van der Waals surface area contributed by atoms with Gasteiger partial charge in [-0.2, -0.15) is 0 Å². The smallest absolute Gasteiger partial charge is 0.336 e. The van der Waals surface area contributed by atoms with Crippen molar-refractivity contribution in [2.45, 2.75) is 93.1 Å². The number of aliphatic hydroxyl groups is 1. The van der Waals surface area contributed by atoms with Crippen molar-refractivity contribution in [3.63, 3.8) is 0 Å². The van der Waals surface area contributed by atoms with Crippen molar-refractivity contribution in [1.29, 1.82) is 0 Å². The van der Waals surface area contributed by atoms with Crippen LogP contribution in [0.3, 0.4) is 0 Å². The van der Waals surface area contributed by atoms with Gasteiger partial charge in [-0.15, -0.1) is 0 Å². The van der Waals surface area contributed by atoms with Crippen molar-refractivity contribution in [3.8, 4) is 0 Å². The summed E-state index contributed by atoms with van der Waals surface area (Å²) in [5, 5.41) is 20.4. The summed E-state index contributed by atoms with van der Waals surface area (Å²) in [6, 6.07) is 0. The molecule has 1 unspecified atom stereocenters. The Morgan fingerprint density at radius 1 is 0.810 bits per heavy atom. The maximum absolute atomic E-state index is 11.7. The Labute approximate surface area is 131 Å². The molecular weight excluding hydrogens is 264 g/mol. The van der Waals surface area contributed by atoms with Gasteiger partial charge in [-0.3, -0.25) is 0 Å². The molecule has 0 aliphatic rings. The molecule has 2 N–H and O–H groups in total. The number of carboxylic acids is 1. The minimum atomic E-state index is -1.65. The lowest BCUT2D eigenvalue weighted by atomic mass is 9.64. The van der Waals surface area contributed by atoms with Gasteiger partial charge in [0.2, 0.25) is 0 Å². The van der Waals surface area contributed by atoms with Crippen molar-refractivity contribution in [2.24, 2.45) is 16.2 Å². The lowest BCUT2D eigenvalue weighted by molar-refractivity contribution is -0.177. The molecular formula is C18H36O3. The summed E-state index contributed by atoms with van der Waals surface area (Å²) in [5.41, 5.74) is -2.07. The molecule has 0 saturated heterocycles. The zero-order valence-corrected chi connectivity index (χ0v) is 15.3. The topological polar surface area (TPSA) is 57.5 Å². The summed E-state index contributed by atoms with van der Waals surface area (Å²) in [5.74, 6) is -1.09. The number of carbonyl (C=O) groups is 1. The Morgan fingerprint density at radius 2 is 1.24 bits per heavy atom. The highest BCUT2D eigenvalue weighted by molar-refractivity contribution is 5.78. The second kappa shape index (κ2) is 6.68. The molecule has 0 radical (unpaired) electrons. The van der Waals surface area contributed by atoms with E-state index in [4.69, 9.17) is 0 Å². The van der Waals surface area contributed by atoms with Crippen molar-refractivity contribution in [2.75, 3.05) is 0 Å². The standard InChI is InChI=1S/C18H36O3/c1-15(2,3)11-9-10-12-18(21,14(19)20)17(7,8)13-16(4,5)6/h21H,9-13H2,1-8H3,(H,19,20). The van der Waals surface area contributed by atoms with E-state index in [0.717, 1.165) is 19.3 Å². The largest absolute Gasteiger partial charge is 0.479 e. The fraction of sp³-hybridized carbons (Fsp3) is 0.944. The van der Waals surface area contributed by atoms with E-state index in [0.29, 0.717) is 12.8 Å². The molecule has 0 rings (SSSR count). The van der Waals surface area contributed by atoms with Crippen LogP contribution in [-0.2, 0) is 4.79 Å². The van der Waals surface area contributed by atoms with Crippen LogP contribution < -0.4 is 0 Å². The Kier molecular flexibility index (Phi) is 6.50. The van der Waals surface area contributed by atoms with Crippen molar-refractivity contribution in [1.82, 2.24) is 0 Å². The predicted octanol–water partition coefficient (Wildman–Crippen LogP) is 4.87. The highest BCUT2D eigenvalue weighted by Gasteiger charge is 2.50. The molecule has 0 aromatic heterocycles. The molecule has 0 amide bonds. The van der Waals surface area contributed by atoms with Gasteiger partial charge in [-0.1, -0.05) is 61.8 Å². The number of hydrogen-bond donors (Lipinski definition) is 2. The van der Waals surface area contributed by atoms with Gasteiger partial charge >= 0.3 is 5.97 Å². The highest BCUT2D eigenvalue weighted by Crippen LogP contribution is 2.44. The molecule has 0 aromatic carbocycles. The van der Waals surface area contributed by atoms with Crippen LogP contribution in [0.2, 0.25) is 0 Å². The van der Waals surface area contributed by atoms with Crippen LogP contribution in [0.1, 0.15) is 87.5 Å². The molecule has 1 atom stereocenters. The van der Waals surface area contributed by atoms with Gasteiger partial charge in [0.25, 0.3) is 0 Å². The fourth-order valence-corrected chi connectivity index (χ4v) is 3.24. The maximum atomic E-state index is 11.7. The second-order valence-electron chi connectivity index (χ2n) is 9.55. The summed E-state index contributed by atoms with van der Waals surface area (Å²) >= 11 is 0. The summed E-state index contributed by atoms with van der Waals surface area (Å²) in [6.45, 7) is 16.5. The molecule has 3 nitrogen and oxygen atoms in total. The molecule has 0 bridgehead atoms. The average Bonchev–Trinajstić information content (AvgIpc) is 2.18. The van der Waals surface area contributed by atoms with Gasteiger partial charge in [0, 0.05) is 5.41 Å². The van der Waals surface area contributed by atoms with Gasteiger partial charge < -0.3 is 10.2 Å². The lowest BCUT2D eigenvalue weighted by Crippen LogP contribution is -2.52. The molecule has 126 valence electrons. The Morgan fingerprint density at radius 3 is 1.57 bits per heavy atom. The molecule has 0 aromatic rings. The quantitative estimate of drug-likeness (QED) is 0.659. The number of unbranched alkanes of at least 4 members (excludes halogenated alkanes) is 1. The van der Waals surface area contributed by atoms with E-state index in [9.17, 15) is 15.0 Å². The molecule has 0 spiro atoms. The van der Waals surface area contributed by atoms with Crippen molar-refractivity contribution >= 4 is 5.97 Å². The Balaban J connectivity index is 4.88. The van der Waals surface area contributed by atoms with Crippen molar-refractivity contribution in [3.05, 3.63) is 0 Å². The third kappa shape index (κ3) is 6.82. The number of hydrogen-bond acceptors (Lipinski definition) is 2. The first-order chi connectivity index (χ1) is 9.11.